The van der Waals surface area contributed by atoms with Gasteiger partial charge in [-0.1, -0.05) is 0 Å². The van der Waals surface area contributed by atoms with E-state index in [1.165, 1.54) is 11.3 Å². The molecule has 0 amide bonds. The number of nitrogens with one attached hydrogen (secondary N) is 1. The average molecular weight is 268 g/mol. The minimum Gasteiger partial charge on any atom is -0.478 e. The number of carboxylic acids is 1. The van der Waals surface area contributed by atoms with Crippen LogP contribution in [0.1, 0.15) is 20.9 Å². The third kappa shape index (κ3) is 3.62. The Bertz CT molecular complexity index is 479. The van der Waals surface area contributed by atoms with Crippen LogP contribution in [0.4, 0.5) is 0 Å². The van der Waals surface area contributed by atoms with E-state index in [2.05, 4.69) is 10.3 Å². The van der Waals surface area contributed by atoms with E-state index in [-0.39, 0.29) is 0 Å². The van der Waals surface area contributed by atoms with Gasteiger partial charge in [-0.05, 0) is 6.07 Å². The first kappa shape index (κ1) is 12.2. The van der Waals surface area contributed by atoms with Crippen molar-refractivity contribution in [1.29, 1.82) is 0 Å². The summed E-state index contributed by atoms with van der Waals surface area (Å²) < 4.78 is 0. The third-order valence-corrected chi connectivity index (χ3v) is 3.81. The van der Waals surface area contributed by atoms with Crippen molar-refractivity contribution in [3.63, 3.8) is 0 Å². The van der Waals surface area contributed by atoms with Crippen LogP contribution in [-0.2, 0) is 13.0 Å². The first-order valence-electron chi connectivity index (χ1n) is 5.14. The van der Waals surface area contributed by atoms with Gasteiger partial charge < -0.3 is 10.4 Å². The molecule has 4 nitrogen and oxygen atoms in total. The Morgan fingerprint density at radius 1 is 1.47 bits per heavy atom. The molecule has 0 atom stereocenters. The van der Waals surface area contributed by atoms with E-state index in [0.29, 0.717) is 12.1 Å². The van der Waals surface area contributed by atoms with Crippen molar-refractivity contribution >= 4 is 28.6 Å². The largest absolute Gasteiger partial charge is 0.478 e. The number of carboxylic acid groups (broad SMARTS) is 1. The van der Waals surface area contributed by atoms with Gasteiger partial charge in [0.25, 0.3) is 0 Å². The van der Waals surface area contributed by atoms with E-state index < -0.39 is 5.97 Å². The van der Waals surface area contributed by atoms with E-state index in [0.717, 1.165) is 23.5 Å². The Kier molecular flexibility index (Phi) is 4.24. The Labute approximate surface area is 107 Å². The zero-order valence-electron chi connectivity index (χ0n) is 9.05. The predicted molar refractivity (Wildman–Crippen MR) is 68.8 cm³/mol. The maximum absolute atomic E-state index is 10.7. The molecular weight excluding hydrogens is 256 g/mol. The molecule has 0 saturated carbocycles. The van der Waals surface area contributed by atoms with Gasteiger partial charge in [-0.2, -0.15) is 0 Å². The lowest BCUT2D eigenvalue weighted by atomic mass is 10.3. The molecule has 0 aliphatic heterocycles. The van der Waals surface area contributed by atoms with Gasteiger partial charge in [0.15, 0.2) is 0 Å². The first-order chi connectivity index (χ1) is 8.25. The number of thiophene rings is 1. The second kappa shape index (κ2) is 5.90. The molecule has 0 radical (unpaired) electrons. The molecule has 0 aliphatic rings. The van der Waals surface area contributed by atoms with E-state index in [1.807, 2.05) is 10.9 Å². The molecule has 90 valence electrons. The normalized spacial score (nSPS) is 10.6. The summed E-state index contributed by atoms with van der Waals surface area (Å²) in [6.45, 7) is 1.56. The van der Waals surface area contributed by atoms with Crippen molar-refractivity contribution in [2.24, 2.45) is 0 Å². The number of aromatic nitrogens is 1. The second-order valence-corrected chi connectivity index (χ2v) is 5.23. The van der Waals surface area contributed by atoms with Gasteiger partial charge in [0.05, 0.1) is 16.8 Å². The van der Waals surface area contributed by atoms with E-state index in [9.17, 15) is 4.79 Å². The molecule has 6 heteroatoms. The summed E-state index contributed by atoms with van der Waals surface area (Å²) in [6.07, 6.45) is 0.903. The molecule has 2 N–H and O–H groups in total. The van der Waals surface area contributed by atoms with Crippen molar-refractivity contribution in [2.45, 2.75) is 13.0 Å². The number of aromatic carboxylic acids is 1. The van der Waals surface area contributed by atoms with Crippen LogP contribution in [0.2, 0.25) is 0 Å². The molecule has 0 spiro atoms. The molecule has 0 unspecified atom stereocenters. The molecule has 0 bridgehead atoms. The SMILES string of the molecule is O=C(O)c1csc(CNCCc2cscn2)c1. The van der Waals surface area contributed by atoms with Crippen molar-refractivity contribution in [3.05, 3.63) is 38.5 Å². The standard InChI is InChI=1S/C11H12N2O2S2/c14-11(15)8-3-10(17-5-8)4-12-2-1-9-6-16-7-13-9/h3,5-7,12H,1-2,4H2,(H,14,15). The minimum atomic E-state index is -0.866. The van der Waals surface area contributed by atoms with Crippen LogP contribution in [0.25, 0.3) is 0 Å². The smallest absolute Gasteiger partial charge is 0.336 e. The van der Waals surface area contributed by atoms with Crippen LogP contribution in [0, 0.1) is 0 Å². The number of hydrogen-bond acceptors (Lipinski definition) is 5. The molecule has 2 heterocycles. The second-order valence-electron chi connectivity index (χ2n) is 3.51. The van der Waals surface area contributed by atoms with Crippen molar-refractivity contribution < 1.29 is 9.90 Å². The number of hydrogen-bond donors (Lipinski definition) is 2. The number of carbonyl (C=O) groups is 1. The van der Waals surface area contributed by atoms with Gasteiger partial charge in [-0.3, -0.25) is 0 Å². The van der Waals surface area contributed by atoms with Crippen LogP contribution in [0.3, 0.4) is 0 Å². The molecule has 2 rings (SSSR count). The van der Waals surface area contributed by atoms with Gasteiger partial charge in [0.2, 0.25) is 0 Å². The highest BCUT2D eigenvalue weighted by Crippen LogP contribution is 2.14. The summed E-state index contributed by atoms with van der Waals surface area (Å²) in [5.41, 5.74) is 3.29. The number of thiazole rings is 1. The maximum Gasteiger partial charge on any atom is 0.336 e. The van der Waals surface area contributed by atoms with Gasteiger partial charge in [-0.15, -0.1) is 22.7 Å². The molecule has 0 aliphatic carbocycles. The maximum atomic E-state index is 10.7. The lowest BCUT2D eigenvalue weighted by Crippen LogP contribution is -2.16. The fraction of sp³-hybridized carbons (Fsp3) is 0.273. The molecular formula is C11H12N2O2S2. The summed E-state index contributed by atoms with van der Waals surface area (Å²) in [6, 6.07) is 1.71. The van der Waals surface area contributed by atoms with Crippen LogP contribution < -0.4 is 5.32 Å². The Morgan fingerprint density at radius 3 is 3.00 bits per heavy atom. The number of nitrogens with zero attached hydrogens (tertiary/aromatic N) is 1. The van der Waals surface area contributed by atoms with E-state index >= 15 is 0 Å². The molecule has 17 heavy (non-hydrogen) atoms. The van der Waals surface area contributed by atoms with Crippen molar-refractivity contribution in [2.75, 3.05) is 6.54 Å². The fourth-order valence-electron chi connectivity index (χ4n) is 1.37. The highest BCUT2D eigenvalue weighted by atomic mass is 32.1. The van der Waals surface area contributed by atoms with Gasteiger partial charge in [0.1, 0.15) is 0 Å². The summed E-state index contributed by atoms with van der Waals surface area (Å²) in [4.78, 5) is 15.9. The predicted octanol–water partition coefficient (Wildman–Crippen LogP) is 2.24. The highest BCUT2D eigenvalue weighted by molar-refractivity contribution is 7.10. The van der Waals surface area contributed by atoms with Gasteiger partial charge in [-0.25, -0.2) is 9.78 Å². The van der Waals surface area contributed by atoms with Gasteiger partial charge in [0, 0.05) is 35.1 Å². The first-order valence-corrected chi connectivity index (χ1v) is 6.96. The number of rotatable bonds is 6. The average Bonchev–Trinajstić information content (AvgIpc) is 2.96. The Morgan fingerprint density at radius 2 is 2.35 bits per heavy atom. The van der Waals surface area contributed by atoms with Crippen LogP contribution in [0.15, 0.2) is 22.3 Å². The third-order valence-electron chi connectivity index (χ3n) is 2.24. The zero-order valence-corrected chi connectivity index (χ0v) is 10.7. The topological polar surface area (TPSA) is 62.2 Å². The summed E-state index contributed by atoms with van der Waals surface area (Å²) in [5, 5.41) is 15.8. The summed E-state index contributed by atoms with van der Waals surface area (Å²) in [5.74, 6) is -0.866. The molecule has 2 aromatic heterocycles. The molecule has 2 aromatic rings. The quantitative estimate of drug-likeness (QED) is 0.789. The lowest BCUT2D eigenvalue weighted by Gasteiger charge is -2.00. The van der Waals surface area contributed by atoms with Crippen molar-refractivity contribution in [1.82, 2.24) is 10.3 Å². The summed E-state index contributed by atoms with van der Waals surface area (Å²) >= 11 is 3.07. The summed E-state index contributed by atoms with van der Waals surface area (Å²) in [7, 11) is 0. The van der Waals surface area contributed by atoms with E-state index in [1.54, 1.807) is 22.8 Å². The van der Waals surface area contributed by atoms with Crippen LogP contribution in [0.5, 0.6) is 0 Å². The molecule has 0 fully saturated rings. The highest BCUT2D eigenvalue weighted by Gasteiger charge is 2.05. The molecule has 0 aromatic carbocycles. The minimum absolute atomic E-state index is 0.367. The monoisotopic (exact) mass is 268 g/mol. The van der Waals surface area contributed by atoms with Gasteiger partial charge >= 0.3 is 5.97 Å². The Hall–Kier alpha value is -1.24. The fourth-order valence-corrected chi connectivity index (χ4v) is 2.80. The van der Waals surface area contributed by atoms with Crippen LogP contribution >= 0.6 is 22.7 Å². The van der Waals surface area contributed by atoms with Crippen molar-refractivity contribution in [3.8, 4) is 0 Å². The van der Waals surface area contributed by atoms with Crippen LogP contribution in [-0.4, -0.2) is 22.6 Å². The zero-order chi connectivity index (χ0) is 12.1. The Balaban J connectivity index is 1.72. The van der Waals surface area contributed by atoms with E-state index in [4.69, 9.17) is 5.11 Å². The molecule has 0 saturated heterocycles. The lowest BCUT2D eigenvalue weighted by molar-refractivity contribution is 0.0697.